The van der Waals surface area contributed by atoms with E-state index >= 15 is 0 Å². The fraction of sp³-hybridized carbons (Fsp3) is 0.250. The van der Waals surface area contributed by atoms with Crippen LogP contribution in [-0.4, -0.2) is 37.5 Å². The highest BCUT2D eigenvalue weighted by Gasteiger charge is 2.27. The summed E-state index contributed by atoms with van der Waals surface area (Å²) in [4.78, 5) is 37.5. The molecule has 0 saturated carbocycles. The number of benzene rings is 2. The molecule has 1 heterocycles. The molecule has 1 aliphatic rings. The van der Waals surface area contributed by atoms with Gasteiger partial charge in [-0.2, -0.15) is 0 Å². The number of ether oxygens (including phenoxy) is 2. The topological polar surface area (TPSA) is 84.9 Å². The van der Waals surface area contributed by atoms with Crippen molar-refractivity contribution in [2.24, 2.45) is 0 Å². The van der Waals surface area contributed by atoms with Crippen LogP contribution in [0.15, 0.2) is 36.4 Å². The Bertz CT molecular complexity index is 921. The molecule has 0 radical (unpaired) electrons. The first-order chi connectivity index (χ1) is 13.3. The summed E-state index contributed by atoms with van der Waals surface area (Å²) in [7, 11) is 0. The number of amides is 2. The highest BCUT2D eigenvalue weighted by atomic mass is 35.5. The number of rotatable bonds is 5. The SMILES string of the molecule is Cc1cc(Cl)cc(C)c1OCC(=O)OCC(=O)N1CC(=O)Nc2ccccc21. The number of nitrogens with zero attached hydrogens (tertiary/aromatic N) is 1. The standard InChI is InChI=1S/C20H19ClN2O5/c1-12-7-14(21)8-13(2)20(12)28-11-19(26)27-10-18(25)23-9-17(24)22-15-5-3-4-6-16(15)23/h3-8H,9-11H2,1-2H3,(H,22,24). The summed E-state index contributed by atoms with van der Waals surface area (Å²) >= 11 is 5.97. The van der Waals surface area contributed by atoms with Gasteiger partial charge >= 0.3 is 5.97 Å². The van der Waals surface area contributed by atoms with Crippen LogP contribution in [0.5, 0.6) is 5.75 Å². The van der Waals surface area contributed by atoms with E-state index < -0.39 is 18.5 Å². The van der Waals surface area contributed by atoms with Crippen LogP contribution >= 0.6 is 11.6 Å². The smallest absolute Gasteiger partial charge is 0.344 e. The quantitative estimate of drug-likeness (QED) is 0.777. The minimum Gasteiger partial charge on any atom is -0.481 e. The Morgan fingerprint density at radius 2 is 1.82 bits per heavy atom. The van der Waals surface area contributed by atoms with Gasteiger partial charge in [0.25, 0.3) is 5.91 Å². The normalized spacial score (nSPS) is 12.8. The van der Waals surface area contributed by atoms with Crippen molar-refractivity contribution in [3.63, 3.8) is 0 Å². The zero-order valence-corrected chi connectivity index (χ0v) is 16.2. The zero-order valence-electron chi connectivity index (χ0n) is 15.5. The van der Waals surface area contributed by atoms with E-state index in [1.54, 1.807) is 36.4 Å². The summed E-state index contributed by atoms with van der Waals surface area (Å²) in [6, 6.07) is 10.4. The van der Waals surface area contributed by atoms with Crippen LogP contribution in [0.25, 0.3) is 0 Å². The second kappa shape index (κ2) is 8.31. The van der Waals surface area contributed by atoms with E-state index in [1.165, 1.54) is 4.90 Å². The molecule has 1 aliphatic heterocycles. The van der Waals surface area contributed by atoms with Crippen molar-refractivity contribution in [2.45, 2.75) is 13.8 Å². The molecule has 28 heavy (non-hydrogen) atoms. The summed E-state index contributed by atoms with van der Waals surface area (Å²) in [6.07, 6.45) is 0. The van der Waals surface area contributed by atoms with E-state index in [0.29, 0.717) is 22.1 Å². The number of esters is 1. The molecule has 0 spiro atoms. The van der Waals surface area contributed by atoms with Gasteiger partial charge in [0, 0.05) is 5.02 Å². The molecule has 0 unspecified atom stereocenters. The third kappa shape index (κ3) is 4.43. The Labute approximate surface area is 167 Å². The summed E-state index contributed by atoms with van der Waals surface area (Å²) < 4.78 is 10.5. The number of hydrogen-bond acceptors (Lipinski definition) is 5. The molecule has 1 N–H and O–H groups in total. The lowest BCUT2D eigenvalue weighted by Crippen LogP contribution is -2.44. The summed E-state index contributed by atoms with van der Waals surface area (Å²) in [5, 5.41) is 3.28. The molecule has 0 fully saturated rings. The van der Waals surface area contributed by atoms with Gasteiger partial charge in [-0.25, -0.2) is 4.79 Å². The van der Waals surface area contributed by atoms with Gasteiger partial charge in [-0.1, -0.05) is 23.7 Å². The van der Waals surface area contributed by atoms with E-state index in [-0.39, 0.29) is 19.1 Å². The average molecular weight is 403 g/mol. The monoisotopic (exact) mass is 402 g/mol. The number of anilines is 2. The van der Waals surface area contributed by atoms with Crippen LogP contribution in [0.1, 0.15) is 11.1 Å². The predicted octanol–water partition coefficient (Wildman–Crippen LogP) is 2.86. The fourth-order valence-corrected chi connectivity index (χ4v) is 3.30. The van der Waals surface area contributed by atoms with Crippen LogP contribution in [0.3, 0.4) is 0 Å². The number of aryl methyl sites for hydroxylation is 2. The highest BCUT2D eigenvalue weighted by molar-refractivity contribution is 6.30. The summed E-state index contributed by atoms with van der Waals surface area (Å²) in [5.74, 6) is -0.934. The third-order valence-electron chi connectivity index (χ3n) is 4.19. The minimum atomic E-state index is -0.683. The van der Waals surface area contributed by atoms with Gasteiger partial charge in [0.1, 0.15) is 12.3 Å². The Kier molecular flexibility index (Phi) is 5.84. The average Bonchev–Trinajstić information content (AvgIpc) is 2.64. The second-order valence-corrected chi connectivity index (χ2v) is 6.80. The van der Waals surface area contributed by atoms with Gasteiger partial charge in [0.15, 0.2) is 13.2 Å². The molecule has 0 aromatic heterocycles. The number of nitrogens with one attached hydrogen (secondary N) is 1. The highest BCUT2D eigenvalue weighted by Crippen LogP contribution is 2.29. The molecule has 7 nitrogen and oxygen atoms in total. The number of halogens is 1. The first kappa shape index (κ1) is 19.7. The van der Waals surface area contributed by atoms with Crippen molar-refractivity contribution in [3.8, 4) is 5.75 Å². The Balaban J connectivity index is 1.57. The summed E-state index contributed by atoms with van der Waals surface area (Å²) in [6.45, 7) is 2.69. The molecule has 146 valence electrons. The summed E-state index contributed by atoms with van der Waals surface area (Å²) in [5.41, 5.74) is 2.69. The Morgan fingerprint density at radius 1 is 1.14 bits per heavy atom. The van der Waals surface area contributed by atoms with Gasteiger partial charge in [-0.15, -0.1) is 0 Å². The molecular formula is C20H19ClN2O5. The number of carbonyl (C=O) groups excluding carboxylic acids is 3. The van der Waals surface area contributed by atoms with E-state index in [1.807, 2.05) is 13.8 Å². The number of hydrogen-bond donors (Lipinski definition) is 1. The van der Waals surface area contributed by atoms with Crippen LogP contribution in [0.4, 0.5) is 11.4 Å². The Morgan fingerprint density at radius 3 is 2.54 bits per heavy atom. The third-order valence-corrected chi connectivity index (χ3v) is 4.41. The van der Waals surface area contributed by atoms with Gasteiger partial charge in [-0.05, 0) is 49.2 Å². The van der Waals surface area contributed by atoms with Crippen molar-refractivity contribution in [2.75, 3.05) is 30.0 Å². The van der Waals surface area contributed by atoms with Gasteiger partial charge < -0.3 is 14.8 Å². The maximum Gasteiger partial charge on any atom is 0.344 e. The lowest BCUT2D eigenvalue weighted by Gasteiger charge is -2.28. The number of carbonyl (C=O) groups is 3. The van der Waals surface area contributed by atoms with E-state index in [9.17, 15) is 14.4 Å². The second-order valence-electron chi connectivity index (χ2n) is 6.36. The minimum absolute atomic E-state index is 0.132. The zero-order chi connectivity index (χ0) is 20.3. The number of para-hydroxylation sites is 2. The molecule has 0 bridgehead atoms. The molecule has 8 heteroatoms. The lowest BCUT2D eigenvalue weighted by atomic mass is 10.1. The lowest BCUT2D eigenvalue weighted by molar-refractivity contribution is -0.149. The van der Waals surface area contributed by atoms with Gasteiger partial charge in [-0.3, -0.25) is 14.5 Å². The maximum atomic E-state index is 12.4. The number of fused-ring (bicyclic) bond motifs is 1. The van der Waals surface area contributed by atoms with Crippen molar-refractivity contribution < 1.29 is 23.9 Å². The van der Waals surface area contributed by atoms with Crippen molar-refractivity contribution in [3.05, 3.63) is 52.5 Å². The predicted molar refractivity (Wildman–Crippen MR) is 105 cm³/mol. The van der Waals surface area contributed by atoms with Gasteiger partial charge in [0.2, 0.25) is 5.91 Å². The van der Waals surface area contributed by atoms with Crippen molar-refractivity contribution in [1.29, 1.82) is 0 Å². The molecule has 0 saturated heterocycles. The first-order valence-corrected chi connectivity index (χ1v) is 8.97. The molecule has 2 aromatic rings. The molecule has 0 aliphatic carbocycles. The van der Waals surface area contributed by atoms with Crippen LogP contribution in [-0.2, 0) is 19.1 Å². The fourth-order valence-electron chi connectivity index (χ4n) is 2.97. The largest absolute Gasteiger partial charge is 0.481 e. The molecule has 0 atom stereocenters. The van der Waals surface area contributed by atoms with Crippen LogP contribution in [0, 0.1) is 13.8 Å². The van der Waals surface area contributed by atoms with E-state index in [0.717, 1.165) is 11.1 Å². The van der Waals surface area contributed by atoms with Crippen molar-refractivity contribution in [1.82, 2.24) is 0 Å². The molecule has 2 amide bonds. The van der Waals surface area contributed by atoms with Crippen LogP contribution in [0.2, 0.25) is 5.02 Å². The van der Waals surface area contributed by atoms with E-state index in [4.69, 9.17) is 21.1 Å². The first-order valence-electron chi connectivity index (χ1n) is 8.59. The molecule has 3 rings (SSSR count). The molecular weight excluding hydrogens is 384 g/mol. The van der Waals surface area contributed by atoms with Crippen LogP contribution < -0.4 is 15.0 Å². The Hall–Kier alpha value is -3.06. The van der Waals surface area contributed by atoms with E-state index in [2.05, 4.69) is 5.32 Å². The maximum absolute atomic E-state index is 12.4. The molecule has 2 aromatic carbocycles. The van der Waals surface area contributed by atoms with Gasteiger partial charge in [0.05, 0.1) is 11.4 Å². The van der Waals surface area contributed by atoms with Crippen molar-refractivity contribution >= 4 is 40.8 Å².